The summed E-state index contributed by atoms with van der Waals surface area (Å²) in [4.78, 5) is 21.6. The zero-order chi connectivity index (χ0) is 8.97. The molecule has 0 aromatic heterocycles. The van der Waals surface area contributed by atoms with Crippen LogP contribution in [-0.4, -0.2) is 24.4 Å². The molecule has 4 nitrogen and oxygen atoms in total. The number of nitrogens with one attached hydrogen (secondary N) is 2. The van der Waals surface area contributed by atoms with E-state index >= 15 is 0 Å². The number of carbonyl (C=O) groups is 2. The predicted molar refractivity (Wildman–Crippen MR) is 44.1 cm³/mol. The van der Waals surface area contributed by atoms with Crippen molar-refractivity contribution in [2.45, 2.75) is 25.3 Å². The van der Waals surface area contributed by atoms with Crippen LogP contribution in [0.5, 0.6) is 0 Å². The van der Waals surface area contributed by atoms with E-state index in [0.717, 1.165) is 12.8 Å². The van der Waals surface area contributed by atoms with Crippen LogP contribution in [0.3, 0.4) is 0 Å². The van der Waals surface area contributed by atoms with Crippen LogP contribution in [0.25, 0.3) is 0 Å². The van der Waals surface area contributed by atoms with Crippen molar-refractivity contribution in [3.05, 3.63) is 6.92 Å². The first-order chi connectivity index (χ1) is 5.72. The Balaban J connectivity index is 0.00000144. The van der Waals surface area contributed by atoms with Gasteiger partial charge in [-0.05, 0) is 12.8 Å². The fourth-order valence-corrected chi connectivity index (χ4v) is 0.774. The van der Waals surface area contributed by atoms with E-state index in [9.17, 15) is 9.59 Å². The molecule has 0 bridgehead atoms. The van der Waals surface area contributed by atoms with Gasteiger partial charge >= 0.3 is 51.4 Å². The van der Waals surface area contributed by atoms with Crippen molar-refractivity contribution in [2.75, 3.05) is 6.54 Å². The van der Waals surface area contributed by atoms with Gasteiger partial charge in [-0.1, -0.05) is 0 Å². The second-order valence-electron chi connectivity index (χ2n) is 2.87. The molecule has 0 unspecified atom stereocenters. The van der Waals surface area contributed by atoms with Gasteiger partial charge in [-0.25, -0.2) is 0 Å². The zero-order valence-electron chi connectivity index (χ0n) is 7.93. The smallest absolute Gasteiger partial charge is 0.352 e. The van der Waals surface area contributed by atoms with Gasteiger partial charge in [0.05, 0.1) is 6.54 Å². The summed E-state index contributed by atoms with van der Waals surface area (Å²) in [6.07, 6.45) is 2.31. The normalized spacial score (nSPS) is 14.2. The molecular formula is C8H13KN2O2. The second kappa shape index (κ2) is 6.95. The summed E-state index contributed by atoms with van der Waals surface area (Å²) in [5, 5.41) is 5.21. The maximum atomic E-state index is 11.0. The minimum atomic E-state index is -0.194. The summed E-state index contributed by atoms with van der Waals surface area (Å²) in [5.74, 6) is -0.305. The van der Waals surface area contributed by atoms with Crippen molar-refractivity contribution < 1.29 is 61.0 Å². The molecule has 1 aliphatic rings. The van der Waals surface area contributed by atoms with Gasteiger partial charge in [-0.15, -0.1) is 6.42 Å². The molecule has 1 fully saturated rings. The Bertz CT molecular complexity index is 193. The van der Waals surface area contributed by atoms with Crippen LogP contribution in [0, 0.1) is 6.92 Å². The van der Waals surface area contributed by atoms with Crippen LogP contribution in [-0.2, 0) is 9.59 Å². The summed E-state index contributed by atoms with van der Waals surface area (Å²) in [6, 6.07) is 0.356. The first kappa shape index (κ1) is 13.6. The molecule has 0 saturated heterocycles. The second-order valence-corrected chi connectivity index (χ2v) is 2.87. The molecule has 68 valence electrons. The van der Waals surface area contributed by atoms with E-state index in [2.05, 4.69) is 17.6 Å². The Morgan fingerprint density at radius 1 is 1.31 bits per heavy atom. The molecule has 2 amide bonds. The van der Waals surface area contributed by atoms with E-state index < -0.39 is 0 Å². The number of rotatable bonds is 4. The van der Waals surface area contributed by atoms with Crippen molar-refractivity contribution in [1.82, 2.24) is 10.6 Å². The van der Waals surface area contributed by atoms with Gasteiger partial charge in [-0.3, -0.25) is 9.59 Å². The Kier molecular flexibility index (Phi) is 7.25. The van der Waals surface area contributed by atoms with Crippen LogP contribution in [0.1, 0.15) is 19.3 Å². The average molecular weight is 208 g/mol. The summed E-state index contributed by atoms with van der Waals surface area (Å²) < 4.78 is 0. The van der Waals surface area contributed by atoms with Gasteiger partial charge in [0.1, 0.15) is 0 Å². The van der Waals surface area contributed by atoms with E-state index in [4.69, 9.17) is 0 Å². The molecule has 0 spiro atoms. The average Bonchev–Trinajstić information content (AvgIpc) is 2.84. The Labute approximate surface area is 121 Å². The van der Waals surface area contributed by atoms with Crippen molar-refractivity contribution in [3.8, 4) is 0 Å². The fraction of sp³-hybridized carbons (Fsp3) is 0.625. The van der Waals surface area contributed by atoms with Crippen LogP contribution < -0.4 is 62.0 Å². The molecule has 1 rings (SSSR count). The summed E-state index contributed by atoms with van der Waals surface area (Å²) in [6.45, 7) is 3.47. The van der Waals surface area contributed by atoms with Gasteiger partial charge in [0, 0.05) is 6.04 Å². The monoisotopic (exact) mass is 208 g/mol. The minimum absolute atomic E-state index is 0. The predicted octanol–water partition coefficient (Wildman–Crippen LogP) is -3.39. The topological polar surface area (TPSA) is 58.2 Å². The largest absolute Gasteiger partial charge is 1.00 e. The fourth-order valence-electron chi connectivity index (χ4n) is 0.774. The van der Waals surface area contributed by atoms with Crippen molar-refractivity contribution in [3.63, 3.8) is 0 Å². The molecule has 5 heteroatoms. The summed E-state index contributed by atoms with van der Waals surface area (Å²) in [5.41, 5.74) is 0. The summed E-state index contributed by atoms with van der Waals surface area (Å²) in [7, 11) is 0. The third-order valence-electron chi connectivity index (χ3n) is 1.62. The molecule has 0 aliphatic heterocycles. The Morgan fingerprint density at radius 3 is 2.38 bits per heavy atom. The van der Waals surface area contributed by atoms with E-state index in [1.165, 1.54) is 0 Å². The number of hydrogen-bond acceptors (Lipinski definition) is 2. The number of carbonyl (C=O) groups excluding carboxylic acids is 2. The van der Waals surface area contributed by atoms with Gasteiger partial charge in [0.15, 0.2) is 5.91 Å². The van der Waals surface area contributed by atoms with Crippen LogP contribution in [0.15, 0.2) is 0 Å². The van der Waals surface area contributed by atoms with E-state index in [0.29, 0.717) is 6.04 Å². The minimum Gasteiger partial charge on any atom is -0.352 e. The van der Waals surface area contributed by atoms with Crippen molar-refractivity contribution >= 4 is 11.8 Å². The molecule has 13 heavy (non-hydrogen) atoms. The third-order valence-corrected chi connectivity index (χ3v) is 1.62. The zero-order valence-corrected chi connectivity index (χ0v) is 11.1. The maximum Gasteiger partial charge on any atom is 1.00 e. The number of hydrogen-bond donors (Lipinski definition) is 2. The Morgan fingerprint density at radius 2 is 1.92 bits per heavy atom. The molecule has 0 atom stereocenters. The maximum absolute atomic E-state index is 11.0. The molecule has 1 aliphatic carbocycles. The number of amides is 2. The van der Waals surface area contributed by atoms with Gasteiger partial charge < -0.3 is 17.6 Å². The molecule has 0 aromatic rings. The van der Waals surface area contributed by atoms with Gasteiger partial charge in [0.25, 0.3) is 0 Å². The summed E-state index contributed by atoms with van der Waals surface area (Å²) >= 11 is 0. The van der Waals surface area contributed by atoms with Crippen molar-refractivity contribution in [1.29, 1.82) is 0 Å². The quantitative estimate of drug-likeness (QED) is 0.374. The molecule has 2 N–H and O–H groups in total. The first-order valence-electron chi connectivity index (χ1n) is 4.07. The van der Waals surface area contributed by atoms with Crippen LogP contribution in [0.4, 0.5) is 0 Å². The van der Waals surface area contributed by atoms with Crippen LogP contribution >= 0.6 is 0 Å². The van der Waals surface area contributed by atoms with E-state index in [1.807, 2.05) is 0 Å². The van der Waals surface area contributed by atoms with Crippen molar-refractivity contribution in [2.24, 2.45) is 0 Å². The van der Waals surface area contributed by atoms with E-state index in [1.54, 1.807) is 0 Å². The SMILES string of the molecule is [CH2-]CC(=O)NCC(=O)NC1CC1.[K+]. The molecule has 0 radical (unpaired) electrons. The van der Waals surface area contributed by atoms with Gasteiger partial charge in [0.2, 0.25) is 5.91 Å². The first-order valence-corrected chi connectivity index (χ1v) is 4.07. The standard InChI is InChI=1S/C8H13N2O2.K/c1-2-7(11)9-5-8(12)10-6-3-4-6;/h6H,1-5H2,(H,9,11)(H,10,12);/q-1;+1. The third kappa shape index (κ3) is 6.62. The van der Waals surface area contributed by atoms with E-state index in [-0.39, 0.29) is 76.2 Å². The Hall–Kier alpha value is 0.576. The van der Waals surface area contributed by atoms with Gasteiger partial charge in [-0.2, -0.15) is 0 Å². The molecule has 0 heterocycles. The molecule has 0 aromatic carbocycles. The van der Waals surface area contributed by atoms with Crippen LogP contribution in [0.2, 0.25) is 0 Å². The molecule has 1 saturated carbocycles. The molecular weight excluding hydrogens is 195 g/mol.